The SMILES string of the molecule is COc1ccc(-c2scc(COc3cccc([C@@H](CC(=O)O)C4CC4)c3)c2C2=CCCC2(C)C)c(F)c1.S. The normalized spacial score (nSPS) is 16.9. The molecular formula is C31H35FO4S2. The lowest BCUT2D eigenvalue weighted by molar-refractivity contribution is -0.137. The zero-order valence-electron chi connectivity index (χ0n) is 22.1. The number of halogens is 1. The van der Waals surface area contributed by atoms with Gasteiger partial charge < -0.3 is 14.6 Å². The fourth-order valence-corrected chi connectivity index (χ4v) is 6.57. The van der Waals surface area contributed by atoms with Crippen LogP contribution >= 0.6 is 24.8 Å². The predicted molar refractivity (Wildman–Crippen MR) is 156 cm³/mol. The Morgan fingerprint density at radius 2 is 1.97 bits per heavy atom. The first-order valence-electron chi connectivity index (χ1n) is 12.9. The second kappa shape index (κ2) is 11.5. The molecule has 2 aliphatic rings. The molecule has 0 aliphatic heterocycles. The van der Waals surface area contributed by atoms with Gasteiger partial charge in [0.25, 0.3) is 0 Å². The standard InChI is InChI=1S/C31H33FO4S.H2S/c1-31(2)13-5-8-26(31)29-21(18-37-30(29)24-12-11-22(35-3)15-27(24)32)17-36-23-7-4-6-20(14-23)25(16-28(33)34)19-9-10-19;/h4,6-8,11-12,14-15,18-19,25H,5,9-10,13,16-17H2,1-3H3,(H,33,34);1H2/t25-;/m0./s1. The van der Waals surface area contributed by atoms with E-state index in [-0.39, 0.29) is 37.1 Å². The monoisotopic (exact) mass is 554 g/mol. The van der Waals surface area contributed by atoms with Crippen molar-refractivity contribution in [2.75, 3.05) is 7.11 Å². The van der Waals surface area contributed by atoms with Gasteiger partial charge in [-0.25, -0.2) is 4.39 Å². The maximum Gasteiger partial charge on any atom is 0.303 e. The second-order valence-electron chi connectivity index (χ2n) is 10.8. The molecule has 1 N–H and O–H groups in total. The fraction of sp³-hybridized carbons (Fsp3) is 0.387. The third kappa shape index (κ3) is 5.94. The number of thiophene rings is 1. The van der Waals surface area contributed by atoms with Crippen molar-refractivity contribution < 1.29 is 23.8 Å². The first-order chi connectivity index (χ1) is 17.8. The van der Waals surface area contributed by atoms with Crippen molar-refractivity contribution in [3.63, 3.8) is 0 Å². The van der Waals surface area contributed by atoms with Crippen molar-refractivity contribution in [3.8, 4) is 21.9 Å². The zero-order valence-corrected chi connectivity index (χ0v) is 23.9. The number of ether oxygens (including phenoxy) is 2. The fourth-order valence-electron chi connectivity index (χ4n) is 5.47. The molecule has 1 heterocycles. The van der Waals surface area contributed by atoms with Gasteiger partial charge in [-0.2, -0.15) is 13.5 Å². The van der Waals surface area contributed by atoms with Gasteiger partial charge >= 0.3 is 5.97 Å². The van der Waals surface area contributed by atoms with E-state index >= 15 is 4.39 Å². The summed E-state index contributed by atoms with van der Waals surface area (Å²) in [5, 5.41) is 11.5. The highest BCUT2D eigenvalue weighted by molar-refractivity contribution is 7.59. The Hall–Kier alpha value is -2.77. The number of carboxylic acids is 1. The molecule has 5 rings (SSSR count). The lowest BCUT2D eigenvalue weighted by Crippen LogP contribution is -2.11. The molecule has 0 saturated heterocycles. The molecule has 7 heteroatoms. The molecule has 0 amide bonds. The van der Waals surface area contributed by atoms with Crippen LogP contribution in [-0.2, 0) is 11.4 Å². The van der Waals surface area contributed by atoms with Gasteiger partial charge in [0.05, 0.1) is 13.5 Å². The van der Waals surface area contributed by atoms with E-state index in [1.165, 1.54) is 30.1 Å². The number of carbonyl (C=O) groups is 1. The number of hydrogen-bond donors (Lipinski definition) is 1. The number of allylic oxidation sites excluding steroid dienone is 2. The summed E-state index contributed by atoms with van der Waals surface area (Å²) in [5.74, 6) is 0.610. The van der Waals surface area contributed by atoms with Gasteiger partial charge in [0.1, 0.15) is 23.9 Å². The van der Waals surface area contributed by atoms with Crippen LogP contribution in [0.3, 0.4) is 0 Å². The van der Waals surface area contributed by atoms with E-state index in [1.54, 1.807) is 12.1 Å². The van der Waals surface area contributed by atoms with Crippen LogP contribution in [0.1, 0.15) is 68.6 Å². The van der Waals surface area contributed by atoms with Gasteiger partial charge in [-0.3, -0.25) is 4.79 Å². The summed E-state index contributed by atoms with van der Waals surface area (Å²) in [7, 11) is 1.54. The Labute approximate surface area is 235 Å². The predicted octanol–water partition coefficient (Wildman–Crippen LogP) is 8.43. The summed E-state index contributed by atoms with van der Waals surface area (Å²) in [6, 6.07) is 12.9. The van der Waals surface area contributed by atoms with E-state index in [2.05, 4.69) is 25.3 Å². The Morgan fingerprint density at radius 1 is 1.18 bits per heavy atom. The number of methoxy groups -OCH3 is 1. The summed E-state index contributed by atoms with van der Waals surface area (Å²) in [4.78, 5) is 12.3. The number of benzene rings is 2. The van der Waals surface area contributed by atoms with Crippen LogP contribution in [0, 0.1) is 17.2 Å². The highest BCUT2D eigenvalue weighted by Gasteiger charge is 2.34. The van der Waals surface area contributed by atoms with Crippen molar-refractivity contribution in [2.24, 2.45) is 11.3 Å². The zero-order chi connectivity index (χ0) is 26.2. The Balaban J connectivity index is 0.00000336. The van der Waals surface area contributed by atoms with E-state index in [0.29, 0.717) is 23.8 Å². The van der Waals surface area contributed by atoms with E-state index in [4.69, 9.17) is 9.47 Å². The third-order valence-electron chi connectivity index (χ3n) is 7.67. The summed E-state index contributed by atoms with van der Waals surface area (Å²) in [6.45, 7) is 4.84. The summed E-state index contributed by atoms with van der Waals surface area (Å²) in [5.41, 5.74) is 4.91. The van der Waals surface area contributed by atoms with Crippen LogP contribution in [-0.4, -0.2) is 18.2 Å². The molecule has 0 spiro atoms. The molecular weight excluding hydrogens is 519 g/mol. The van der Waals surface area contributed by atoms with Gasteiger partial charge in [-0.15, -0.1) is 11.3 Å². The van der Waals surface area contributed by atoms with Crippen LogP contribution in [0.5, 0.6) is 11.5 Å². The molecule has 1 fully saturated rings. The highest BCUT2D eigenvalue weighted by Crippen LogP contribution is 2.50. The molecule has 202 valence electrons. The number of hydrogen-bond acceptors (Lipinski definition) is 4. The maximum atomic E-state index is 15.2. The smallest absolute Gasteiger partial charge is 0.303 e. The van der Waals surface area contributed by atoms with Crippen LogP contribution in [0.15, 0.2) is 53.9 Å². The Kier molecular flexibility index (Phi) is 8.58. The van der Waals surface area contributed by atoms with Crippen molar-refractivity contribution in [3.05, 3.63) is 76.4 Å². The average Bonchev–Trinajstić information content (AvgIpc) is 3.54. The topological polar surface area (TPSA) is 55.8 Å². The van der Waals surface area contributed by atoms with Gasteiger partial charge in [0.15, 0.2) is 0 Å². The van der Waals surface area contributed by atoms with Crippen LogP contribution in [0.25, 0.3) is 16.0 Å². The lowest BCUT2D eigenvalue weighted by atomic mass is 9.80. The Morgan fingerprint density at radius 3 is 2.61 bits per heavy atom. The minimum Gasteiger partial charge on any atom is -0.497 e. The third-order valence-corrected chi connectivity index (χ3v) is 8.73. The highest BCUT2D eigenvalue weighted by atomic mass is 32.1. The number of rotatable bonds is 10. The molecule has 2 aromatic carbocycles. The average molecular weight is 555 g/mol. The van der Waals surface area contributed by atoms with Gasteiger partial charge in [-0.05, 0) is 83.7 Å². The molecule has 2 aliphatic carbocycles. The minimum atomic E-state index is -0.767. The molecule has 38 heavy (non-hydrogen) atoms. The summed E-state index contributed by atoms with van der Waals surface area (Å²) < 4.78 is 26.7. The van der Waals surface area contributed by atoms with Crippen molar-refractivity contribution in [1.29, 1.82) is 0 Å². The van der Waals surface area contributed by atoms with E-state index in [9.17, 15) is 9.90 Å². The van der Waals surface area contributed by atoms with Crippen LogP contribution in [0.4, 0.5) is 4.39 Å². The molecule has 0 bridgehead atoms. The van der Waals surface area contributed by atoms with Crippen molar-refractivity contribution in [2.45, 2.75) is 58.5 Å². The van der Waals surface area contributed by atoms with E-state index < -0.39 is 5.97 Å². The Bertz CT molecular complexity index is 1340. The molecule has 4 nitrogen and oxygen atoms in total. The molecule has 0 radical (unpaired) electrons. The number of carboxylic acid groups (broad SMARTS) is 1. The van der Waals surface area contributed by atoms with Gasteiger partial charge in [0.2, 0.25) is 0 Å². The first-order valence-corrected chi connectivity index (χ1v) is 13.7. The van der Waals surface area contributed by atoms with Crippen molar-refractivity contribution in [1.82, 2.24) is 0 Å². The molecule has 1 atom stereocenters. The molecule has 1 aromatic heterocycles. The second-order valence-corrected chi connectivity index (χ2v) is 11.6. The summed E-state index contributed by atoms with van der Waals surface area (Å²) >= 11 is 1.54. The van der Waals surface area contributed by atoms with Gasteiger partial charge in [0, 0.05) is 27.6 Å². The van der Waals surface area contributed by atoms with Crippen molar-refractivity contribution >= 4 is 36.4 Å². The minimum absolute atomic E-state index is 0. The molecule has 0 unspecified atom stereocenters. The summed E-state index contributed by atoms with van der Waals surface area (Å²) in [6.07, 6.45) is 6.63. The largest absolute Gasteiger partial charge is 0.497 e. The maximum absolute atomic E-state index is 15.2. The van der Waals surface area contributed by atoms with E-state index in [0.717, 1.165) is 53.0 Å². The first kappa shape index (κ1) is 28.2. The van der Waals surface area contributed by atoms with Gasteiger partial charge in [-0.1, -0.05) is 32.1 Å². The molecule has 3 aromatic rings. The van der Waals surface area contributed by atoms with Crippen LogP contribution in [0.2, 0.25) is 0 Å². The van der Waals surface area contributed by atoms with E-state index in [1.807, 2.05) is 24.3 Å². The lowest BCUT2D eigenvalue weighted by Gasteiger charge is -2.24. The number of aliphatic carboxylic acids is 1. The quantitative estimate of drug-likeness (QED) is 0.273. The van der Waals surface area contributed by atoms with Crippen LogP contribution < -0.4 is 9.47 Å². The molecule has 1 saturated carbocycles.